The van der Waals surface area contributed by atoms with Gasteiger partial charge in [-0.05, 0) is 86.9 Å². The van der Waals surface area contributed by atoms with Crippen LogP contribution in [-0.4, -0.2) is 28.8 Å². The normalized spacial score (nSPS) is 21.0. The number of aryl methyl sites for hydroxylation is 1. The number of thiocarbonyl (C=S) groups is 1. The van der Waals surface area contributed by atoms with E-state index in [-0.39, 0.29) is 12.1 Å². The summed E-state index contributed by atoms with van der Waals surface area (Å²) in [7, 11) is 4.13. The third kappa shape index (κ3) is 3.90. The van der Waals surface area contributed by atoms with E-state index >= 15 is 0 Å². The third-order valence-corrected chi connectivity index (χ3v) is 7.59. The fourth-order valence-corrected chi connectivity index (χ4v) is 6.03. The monoisotopic (exact) mass is 459 g/mol. The third-order valence-electron chi connectivity index (χ3n) is 7.27. The van der Waals surface area contributed by atoms with Crippen LogP contribution in [-0.2, 0) is 0 Å². The maximum Gasteiger partial charge on any atom is 0.174 e. The number of nitrogens with one attached hydrogen (secondary N) is 1. The molecule has 3 heterocycles. The lowest BCUT2D eigenvalue weighted by atomic mass is 9.96. The van der Waals surface area contributed by atoms with Gasteiger partial charge in [0.05, 0.1) is 17.8 Å². The zero-order valence-corrected chi connectivity index (χ0v) is 20.8. The van der Waals surface area contributed by atoms with Gasteiger partial charge in [0.25, 0.3) is 0 Å². The summed E-state index contributed by atoms with van der Waals surface area (Å²) in [5, 5.41) is 4.35. The number of hydrogen-bond acceptors (Lipinski definition) is 3. The smallest absolute Gasteiger partial charge is 0.174 e. The van der Waals surface area contributed by atoms with Gasteiger partial charge in [0, 0.05) is 49.1 Å². The SMILES string of the molecule is Cc1cc(C2C(c3ccccn3)NC(=S)N2c2ccc(N(C)C)cc2)c(C)n1C1CCCC1. The van der Waals surface area contributed by atoms with E-state index in [9.17, 15) is 0 Å². The molecule has 33 heavy (non-hydrogen) atoms. The molecule has 1 N–H and O–H groups in total. The average molecular weight is 460 g/mol. The van der Waals surface area contributed by atoms with Crippen LogP contribution < -0.4 is 15.1 Å². The van der Waals surface area contributed by atoms with Crippen molar-refractivity contribution in [3.8, 4) is 0 Å². The molecule has 5 rings (SSSR count). The molecule has 0 bridgehead atoms. The first kappa shape index (κ1) is 22.0. The van der Waals surface area contributed by atoms with Crippen molar-refractivity contribution in [2.75, 3.05) is 23.9 Å². The molecule has 1 aromatic carbocycles. The van der Waals surface area contributed by atoms with Gasteiger partial charge in [-0.25, -0.2) is 0 Å². The van der Waals surface area contributed by atoms with Crippen LogP contribution in [0.4, 0.5) is 11.4 Å². The van der Waals surface area contributed by atoms with Crippen molar-refractivity contribution in [2.45, 2.75) is 57.7 Å². The van der Waals surface area contributed by atoms with Crippen molar-refractivity contribution < 1.29 is 0 Å². The van der Waals surface area contributed by atoms with Crippen LogP contribution in [0.15, 0.2) is 54.7 Å². The largest absolute Gasteiger partial charge is 0.378 e. The lowest BCUT2D eigenvalue weighted by molar-refractivity contribution is 0.494. The van der Waals surface area contributed by atoms with Gasteiger partial charge >= 0.3 is 0 Å². The van der Waals surface area contributed by atoms with Gasteiger partial charge in [0.2, 0.25) is 0 Å². The molecule has 0 spiro atoms. The molecule has 172 valence electrons. The van der Waals surface area contributed by atoms with Crippen molar-refractivity contribution in [2.24, 2.45) is 0 Å². The van der Waals surface area contributed by atoms with E-state index in [1.807, 2.05) is 12.3 Å². The zero-order chi connectivity index (χ0) is 23.1. The van der Waals surface area contributed by atoms with Crippen molar-refractivity contribution in [1.82, 2.24) is 14.9 Å². The molecule has 2 fully saturated rings. The summed E-state index contributed by atoms with van der Waals surface area (Å²) < 4.78 is 2.58. The molecule has 2 atom stereocenters. The molecule has 1 aliphatic carbocycles. The zero-order valence-electron chi connectivity index (χ0n) is 20.0. The lowest BCUT2D eigenvalue weighted by Crippen LogP contribution is -2.29. The first-order valence-corrected chi connectivity index (χ1v) is 12.3. The van der Waals surface area contributed by atoms with Gasteiger partial charge in [-0.3, -0.25) is 4.98 Å². The Labute approximate surface area is 202 Å². The van der Waals surface area contributed by atoms with Crippen molar-refractivity contribution in [1.29, 1.82) is 0 Å². The summed E-state index contributed by atoms with van der Waals surface area (Å²) in [5.41, 5.74) is 7.32. The number of benzene rings is 1. The summed E-state index contributed by atoms with van der Waals surface area (Å²) in [4.78, 5) is 9.12. The number of hydrogen-bond donors (Lipinski definition) is 1. The Morgan fingerprint density at radius 2 is 1.76 bits per heavy atom. The minimum absolute atomic E-state index is 0.00949. The second-order valence-electron chi connectivity index (χ2n) is 9.54. The number of aromatic nitrogens is 2. The predicted octanol–water partition coefficient (Wildman–Crippen LogP) is 5.86. The molecular formula is C27H33N5S. The fourth-order valence-electron chi connectivity index (χ4n) is 5.69. The molecular weight excluding hydrogens is 426 g/mol. The summed E-state index contributed by atoms with van der Waals surface area (Å²) in [6, 6.07) is 17.8. The standard InChI is InChI=1S/C27H33N5S/c1-18-17-23(19(2)31(18)21-9-5-6-10-21)26-25(24-11-7-8-16-28-24)29-27(33)32(26)22-14-12-20(13-15-22)30(3)4/h7-8,11-17,21,25-26H,5-6,9-10H2,1-4H3,(H,29,33). The van der Waals surface area contributed by atoms with Gasteiger partial charge in [-0.1, -0.05) is 18.9 Å². The molecule has 1 saturated heterocycles. The van der Waals surface area contributed by atoms with Crippen LogP contribution in [0.25, 0.3) is 0 Å². The van der Waals surface area contributed by atoms with E-state index in [0.717, 1.165) is 16.5 Å². The Kier molecular flexibility index (Phi) is 5.87. The molecule has 2 unspecified atom stereocenters. The van der Waals surface area contributed by atoms with Gasteiger partial charge in [0.15, 0.2) is 5.11 Å². The number of nitrogens with zero attached hydrogens (tertiary/aromatic N) is 4. The van der Waals surface area contributed by atoms with Crippen LogP contribution in [0.3, 0.4) is 0 Å². The topological polar surface area (TPSA) is 36.3 Å². The summed E-state index contributed by atoms with van der Waals surface area (Å²) >= 11 is 5.92. The first-order chi connectivity index (χ1) is 16.0. The highest BCUT2D eigenvalue weighted by Crippen LogP contribution is 2.45. The maximum absolute atomic E-state index is 5.92. The first-order valence-electron chi connectivity index (χ1n) is 11.9. The van der Waals surface area contributed by atoms with Gasteiger partial charge in [0.1, 0.15) is 0 Å². The number of anilines is 2. The van der Waals surface area contributed by atoms with Crippen LogP contribution in [0.2, 0.25) is 0 Å². The van der Waals surface area contributed by atoms with E-state index in [2.05, 4.69) is 90.1 Å². The van der Waals surface area contributed by atoms with Crippen LogP contribution in [0, 0.1) is 13.8 Å². The fraction of sp³-hybridized carbons (Fsp3) is 0.407. The van der Waals surface area contributed by atoms with E-state index in [4.69, 9.17) is 17.2 Å². The van der Waals surface area contributed by atoms with Gasteiger partial charge in [-0.15, -0.1) is 0 Å². The van der Waals surface area contributed by atoms with E-state index < -0.39 is 0 Å². The van der Waals surface area contributed by atoms with Gasteiger partial charge in [-0.2, -0.15) is 0 Å². The number of pyridine rings is 1. The highest BCUT2D eigenvalue weighted by atomic mass is 32.1. The maximum atomic E-state index is 5.92. The Hall–Kier alpha value is -2.86. The highest BCUT2D eigenvalue weighted by molar-refractivity contribution is 7.80. The molecule has 3 aromatic rings. The van der Waals surface area contributed by atoms with Crippen LogP contribution >= 0.6 is 12.2 Å². The molecule has 1 saturated carbocycles. The molecule has 6 heteroatoms. The molecule has 0 amide bonds. The highest BCUT2D eigenvalue weighted by Gasteiger charge is 2.42. The predicted molar refractivity (Wildman–Crippen MR) is 140 cm³/mol. The average Bonchev–Trinajstić information content (AvgIpc) is 3.52. The lowest BCUT2D eigenvalue weighted by Gasteiger charge is -2.29. The Bertz CT molecular complexity index is 1130. The minimum atomic E-state index is -0.00949. The Morgan fingerprint density at radius 3 is 2.39 bits per heavy atom. The Morgan fingerprint density at radius 1 is 1.03 bits per heavy atom. The minimum Gasteiger partial charge on any atom is -0.378 e. The van der Waals surface area contributed by atoms with E-state index in [1.165, 1.54) is 48.3 Å². The summed E-state index contributed by atoms with van der Waals surface area (Å²) in [6.45, 7) is 4.53. The van der Waals surface area contributed by atoms with E-state index in [0.29, 0.717) is 6.04 Å². The molecule has 1 aliphatic heterocycles. The Balaban J connectivity index is 1.62. The quantitative estimate of drug-likeness (QED) is 0.484. The van der Waals surface area contributed by atoms with Crippen molar-refractivity contribution in [3.05, 3.63) is 77.4 Å². The van der Waals surface area contributed by atoms with Crippen molar-refractivity contribution in [3.63, 3.8) is 0 Å². The van der Waals surface area contributed by atoms with Crippen molar-refractivity contribution >= 4 is 28.7 Å². The second-order valence-corrected chi connectivity index (χ2v) is 9.93. The molecule has 2 aliphatic rings. The van der Waals surface area contributed by atoms with E-state index in [1.54, 1.807) is 0 Å². The van der Waals surface area contributed by atoms with Gasteiger partial charge < -0.3 is 19.7 Å². The molecule has 2 aromatic heterocycles. The molecule has 0 radical (unpaired) electrons. The second kappa shape index (κ2) is 8.82. The summed E-state index contributed by atoms with van der Waals surface area (Å²) in [6.07, 6.45) is 7.07. The molecule has 5 nitrogen and oxygen atoms in total. The summed E-state index contributed by atoms with van der Waals surface area (Å²) in [5.74, 6) is 0. The number of rotatable bonds is 5. The van der Waals surface area contributed by atoms with Crippen LogP contribution in [0.5, 0.6) is 0 Å². The van der Waals surface area contributed by atoms with Crippen LogP contribution in [0.1, 0.15) is 66.5 Å².